The monoisotopic (exact) mass is 429 g/mol. The van der Waals surface area contributed by atoms with Gasteiger partial charge >= 0.3 is 5.69 Å². The third-order valence-corrected chi connectivity index (χ3v) is 6.59. The van der Waals surface area contributed by atoms with Gasteiger partial charge in [0.05, 0.1) is 23.2 Å². The number of hydrogen-bond acceptors (Lipinski definition) is 5. The molecule has 3 heterocycles. The number of H-pyrrole nitrogens is 2. The van der Waals surface area contributed by atoms with Crippen molar-refractivity contribution in [1.29, 1.82) is 0 Å². The molecule has 0 saturated carbocycles. The lowest BCUT2D eigenvalue weighted by Crippen LogP contribution is -2.55. The van der Waals surface area contributed by atoms with Gasteiger partial charge < -0.3 is 24.9 Å². The molecule has 2 aliphatic heterocycles. The number of imidazole rings is 1. The van der Waals surface area contributed by atoms with Gasteiger partial charge in [-0.3, -0.25) is 14.5 Å². The number of aromatic amines is 2. The molecule has 0 unspecified atom stereocenters. The zero-order valence-electron chi connectivity index (χ0n) is 18.2. The van der Waals surface area contributed by atoms with E-state index >= 15 is 0 Å². The number of piperidine rings is 1. The Bertz CT molecular complexity index is 1000. The van der Waals surface area contributed by atoms with Crippen LogP contribution in [0.1, 0.15) is 39.5 Å². The summed E-state index contributed by atoms with van der Waals surface area (Å²) in [7, 11) is 0. The van der Waals surface area contributed by atoms with E-state index in [1.807, 2.05) is 11.8 Å². The van der Waals surface area contributed by atoms with Gasteiger partial charge in [0, 0.05) is 44.9 Å². The molecule has 1 atom stereocenters. The summed E-state index contributed by atoms with van der Waals surface area (Å²) in [4.78, 5) is 45.4. The zero-order chi connectivity index (χ0) is 22.0. The molecule has 2 aromatic rings. The van der Waals surface area contributed by atoms with Gasteiger partial charge in [0.1, 0.15) is 0 Å². The highest BCUT2D eigenvalue weighted by Crippen LogP contribution is 2.36. The van der Waals surface area contributed by atoms with Crippen LogP contribution in [0.2, 0.25) is 0 Å². The maximum absolute atomic E-state index is 12.5. The van der Waals surface area contributed by atoms with E-state index in [4.69, 9.17) is 4.74 Å². The Hall–Kier alpha value is -2.65. The number of hydrogen-bond donors (Lipinski definition) is 3. The Balaban J connectivity index is 1.30. The second-order valence-corrected chi connectivity index (χ2v) is 8.65. The van der Waals surface area contributed by atoms with Gasteiger partial charge in [-0.05, 0) is 50.8 Å². The molecule has 0 bridgehead atoms. The van der Waals surface area contributed by atoms with E-state index in [1.54, 1.807) is 25.1 Å². The van der Waals surface area contributed by atoms with Crippen molar-refractivity contribution in [3.8, 4) is 0 Å². The van der Waals surface area contributed by atoms with Crippen molar-refractivity contribution in [2.24, 2.45) is 0 Å². The molecule has 0 aliphatic carbocycles. The van der Waals surface area contributed by atoms with Crippen molar-refractivity contribution in [3.05, 3.63) is 28.7 Å². The Morgan fingerprint density at radius 1 is 1.26 bits per heavy atom. The molecule has 2 amide bonds. The molecule has 168 valence electrons. The maximum Gasteiger partial charge on any atom is 0.323 e. The number of rotatable bonds is 5. The van der Waals surface area contributed by atoms with Crippen LogP contribution in [0.25, 0.3) is 11.0 Å². The van der Waals surface area contributed by atoms with Crippen LogP contribution < -0.4 is 11.0 Å². The summed E-state index contributed by atoms with van der Waals surface area (Å²) < 4.78 is 6.21. The number of carbonyl (C=O) groups excluding carboxylic acids is 2. The van der Waals surface area contributed by atoms with Crippen LogP contribution in [0, 0.1) is 0 Å². The molecule has 1 spiro atoms. The molecule has 1 aromatic heterocycles. The van der Waals surface area contributed by atoms with E-state index in [2.05, 4.69) is 20.2 Å². The Morgan fingerprint density at radius 3 is 2.71 bits per heavy atom. The molecular weight excluding hydrogens is 398 g/mol. The predicted octanol–water partition coefficient (Wildman–Crippen LogP) is 1.68. The van der Waals surface area contributed by atoms with Crippen LogP contribution in [-0.4, -0.2) is 76.0 Å². The minimum atomic E-state index is -0.266. The van der Waals surface area contributed by atoms with Crippen LogP contribution >= 0.6 is 0 Å². The fourth-order valence-electron chi connectivity index (χ4n) is 4.99. The number of aromatic nitrogens is 2. The van der Waals surface area contributed by atoms with Gasteiger partial charge in [-0.25, -0.2) is 4.79 Å². The molecule has 1 aromatic carbocycles. The first-order chi connectivity index (χ1) is 14.9. The summed E-state index contributed by atoms with van der Waals surface area (Å²) in [5.74, 6) is 0.0462. The van der Waals surface area contributed by atoms with Crippen LogP contribution in [0.15, 0.2) is 23.0 Å². The highest BCUT2D eigenvalue weighted by atomic mass is 16.5. The normalized spacial score (nSPS) is 21.3. The minimum Gasteiger partial charge on any atom is -0.375 e. The number of nitrogens with one attached hydrogen (secondary N) is 3. The first kappa shape index (κ1) is 21.6. The van der Waals surface area contributed by atoms with Crippen LogP contribution in [0.3, 0.4) is 0 Å². The van der Waals surface area contributed by atoms with Gasteiger partial charge in [0.2, 0.25) is 11.8 Å². The van der Waals surface area contributed by atoms with Crippen molar-refractivity contribution < 1.29 is 14.3 Å². The fraction of sp³-hybridized carbons (Fsp3) is 0.591. The maximum atomic E-state index is 12.5. The molecule has 2 saturated heterocycles. The van der Waals surface area contributed by atoms with E-state index < -0.39 is 0 Å². The van der Waals surface area contributed by atoms with E-state index in [0.717, 1.165) is 45.3 Å². The zero-order valence-corrected chi connectivity index (χ0v) is 18.2. The topological polar surface area (TPSA) is 111 Å². The second kappa shape index (κ2) is 8.84. The molecule has 4 rings (SSSR count). The lowest BCUT2D eigenvalue weighted by atomic mass is 9.81. The Morgan fingerprint density at radius 2 is 2.00 bits per heavy atom. The van der Waals surface area contributed by atoms with Crippen LogP contribution in [0.5, 0.6) is 0 Å². The van der Waals surface area contributed by atoms with Crippen molar-refractivity contribution in [1.82, 2.24) is 19.8 Å². The summed E-state index contributed by atoms with van der Waals surface area (Å²) in [5.41, 5.74) is 1.57. The van der Waals surface area contributed by atoms with Crippen molar-refractivity contribution >= 4 is 28.5 Å². The number of amides is 2. The van der Waals surface area contributed by atoms with E-state index in [0.29, 0.717) is 29.9 Å². The summed E-state index contributed by atoms with van der Waals surface area (Å²) in [6.45, 7) is 6.96. The first-order valence-electron chi connectivity index (χ1n) is 11.0. The number of carbonyl (C=O) groups is 2. The molecule has 9 heteroatoms. The molecular formula is C22H31N5O4. The van der Waals surface area contributed by atoms with Gasteiger partial charge in [0.25, 0.3) is 0 Å². The van der Waals surface area contributed by atoms with Crippen molar-refractivity contribution in [2.45, 2.75) is 51.2 Å². The summed E-state index contributed by atoms with van der Waals surface area (Å²) in [6, 6.07) is 5.53. The number of anilines is 1. The molecule has 31 heavy (non-hydrogen) atoms. The fourth-order valence-corrected chi connectivity index (χ4v) is 4.99. The average molecular weight is 430 g/mol. The molecule has 0 radical (unpaired) electrons. The smallest absolute Gasteiger partial charge is 0.323 e. The number of fused-ring (bicyclic) bond motifs is 1. The largest absolute Gasteiger partial charge is 0.375 e. The summed E-state index contributed by atoms with van der Waals surface area (Å²) in [5, 5.41) is 2.91. The van der Waals surface area contributed by atoms with Crippen LogP contribution in [-0.2, 0) is 14.3 Å². The first-order valence-corrected chi connectivity index (χ1v) is 11.0. The minimum absolute atomic E-state index is 0.0793. The SMILES string of the molecule is CCN(C(C)=O)[C@@H]1CCOC2(CCN(CC(=O)Nc3ccc4[nH]c(=O)[nH]c4c3)CC2)C1. The number of ether oxygens (including phenoxy) is 1. The standard InChI is InChI=1S/C22H31N5O4/c1-3-27(15(2)28)17-6-11-31-22(13-17)7-9-26(10-8-22)14-20(29)23-16-4-5-18-19(12-16)25-21(30)24-18/h4-5,12,17H,3,6-11,13-14H2,1-2H3,(H,23,29)(H2,24,25,30)/t17-/m1/s1. The predicted molar refractivity (Wildman–Crippen MR) is 118 cm³/mol. The van der Waals surface area contributed by atoms with Gasteiger partial charge in [-0.1, -0.05) is 0 Å². The van der Waals surface area contributed by atoms with Gasteiger partial charge in [-0.2, -0.15) is 0 Å². The van der Waals surface area contributed by atoms with Gasteiger partial charge in [-0.15, -0.1) is 0 Å². The van der Waals surface area contributed by atoms with E-state index in [-0.39, 0.29) is 29.1 Å². The highest BCUT2D eigenvalue weighted by Gasteiger charge is 2.42. The third-order valence-electron chi connectivity index (χ3n) is 6.59. The molecule has 2 aliphatic rings. The number of benzene rings is 1. The summed E-state index contributed by atoms with van der Waals surface area (Å²) >= 11 is 0. The molecule has 2 fully saturated rings. The lowest BCUT2D eigenvalue weighted by Gasteiger charge is -2.48. The van der Waals surface area contributed by atoms with Crippen molar-refractivity contribution in [3.63, 3.8) is 0 Å². The molecule has 3 N–H and O–H groups in total. The second-order valence-electron chi connectivity index (χ2n) is 8.65. The third kappa shape index (κ3) is 4.83. The highest BCUT2D eigenvalue weighted by molar-refractivity contribution is 5.94. The molecule has 9 nitrogen and oxygen atoms in total. The average Bonchev–Trinajstić information content (AvgIpc) is 3.10. The van der Waals surface area contributed by atoms with E-state index in [9.17, 15) is 14.4 Å². The lowest BCUT2D eigenvalue weighted by molar-refractivity contribution is -0.149. The van der Waals surface area contributed by atoms with Crippen LogP contribution in [0.4, 0.5) is 5.69 Å². The van der Waals surface area contributed by atoms with Crippen molar-refractivity contribution in [2.75, 3.05) is 38.1 Å². The van der Waals surface area contributed by atoms with E-state index in [1.165, 1.54) is 0 Å². The van der Waals surface area contributed by atoms with Gasteiger partial charge in [0.15, 0.2) is 0 Å². The Kier molecular flexibility index (Phi) is 6.15. The number of likely N-dealkylation sites (tertiary alicyclic amines) is 1. The number of nitrogens with zero attached hydrogens (tertiary/aromatic N) is 2. The Labute approximate surface area is 181 Å². The summed E-state index contributed by atoms with van der Waals surface area (Å²) in [6.07, 6.45) is 3.49. The quantitative estimate of drug-likeness (QED) is 0.670.